The minimum atomic E-state index is -0.502. The highest BCUT2D eigenvalue weighted by molar-refractivity contribution is 6.37. The van der Waals surface area contributed by atoms with Gasteiger partial charge in [0.15, 0.2) is 5.75 Å². The number of hydrogen-bond acceptors (Lipinski definition) is 3. The van der Waals surface area contributed by atoms with Gasteiger partial charge < -0.3 is 10.1 Å². The molecule has 0 aromatic heterocycles. The molecule has 3 rings (SSSR count). The Labute approximate surface area is 159 Å². The molecule has 1 aliphatic heterocycles. The maximum Gasteiger partial charge on any atom is 0.328 e. The predicted octanol–water partition coefficient (Wildman–Crippen LogP) is 4.23. The molecule has 3 amide bonds. The molecule has 8 heteroatoms. The van der Waals surface area contributed by atoms with Gasteiger partial charge >= 0.3 is 6.03 Å². The van der Waals surface area contributed by atoms with Crippen molar-refractivity contribution in [3.05, 3.63) is 69.1 Å². The zero-order valence-corrected chi connectivity index (χ0v) is 15.1. The van der Waals surface area contributed by atoms with Crippen LogP contribution in [0, 0.1) is 5.82 Å². The van der Waals surface area contributed by atoms with Gasteiger partial charge in [0.05, 0.1) is 10.0 Å². The van der Waals surface area contributed by atoms with Crippen LogP contribution in [0.15, 0.2) is 42.1 Å². The standard InChI is InChI=1S/C18H13Cl2FN2O3/c1-23-17(24)15(22-18(23)25)8-11-6-13(19)16(14(20)7-11)26-9-10-2-4-12(21)5-3-10/h2-8H,9H2,1H3,(H,22,25)/b15-8+. The molecule has 0 radical (unpaired) electrons. The number of amides is 3. The van der Waals surface area contributed by atoms with E-state index in [-0.39, 0.29) is 33.9 Å². The first-order valence-electron chi connectivity index (χ1n) is 7.52. The molecule has 0 unspecified atom stereocenters. The van der Waals surface area contributed by atoms with Crippen LogP contribution >= 0.6 is 23.2 Å². The topological polar surface area (TPSA) is 58.6 Å². The van der Waals surface area contributed by atoms with E-state index in [1.165, 1.54) is 25.3 Å². The first kappa shape index (κ1) is 18.2. The Kier molecular flexibility index (Phi) is 5.15. The molecule has 2 aromatic carbocycles. The second kappa shape index (κ2) is 7.35. The summed E-state index contributed by atoms with van der Waals surface area (Å²) < 4.78 is 18.5. The Hall–Kier alpha value is -2.57. The fraction of sp³-hybridized carbons (Fsp3) is 0.111. The Morgan fingerprint density at radius 3 is 2.31 bits per heavy atom. The van der Waals surface area contributed by atoms with Crippen LogP contribution in [-0.2, 0) is 11.4 Å². The molecular formula is C18H13Cl2FN2O3. The third kappa shape index (κ3) is 3.81. The van der Waals surface area contributed by atoms with Gasteiger partial charge in [-0.05, 0) is 41.5 Å². The van der Waals surface area contributed by atoms with E-state index in [2.05, 4.69) is 5.32 Å². The number of nitrogens with one attached hydrogen (secondary N) is 1. The smallest absolute Gasteiger partial charge is 0.328 e. The number of ether oxygens (including phenoxy) is 1. The number of rotatable bonds is 4. The molecule has 26 heavy (non-hydrogen) atoms. The predicted molar refractivity (Wildman–Crippen MR) is 96.5 cm³/mol. The van der Waals surface area contributed by atoms with Crippen molar-refractivity contribution in [2.75, 3.05) is 7.05 Å². The lowest BCUT2D eigenvalue weighted by molar-refractivity contribution is -0.121. The van der Waals surface area contributed by atoms with Gasteiger partial charge in [-0.3, -0.25) is 9.69 Å². The van der Waals surface area contributed by atoms with E-state index in [9.17, 15) is 14.0 Å². The lowest BCUT2D eigenvalue weighted by atomic mass is 10.1. The highest BCUT2D eigenvalue weighted by Gasteiger charge is 2.30. The largest absolute Gasteiger partial charge is 0.486 e. The molecular weight excluding hydrogens is 382 g/mol. The minimum Gasteiger partial charge on any atom is -0.486 e. The molecule has 1 saturated heterocycles. The van der Waals surface area contributed by atoms with E-state index in [1.54, 1.807) is 24.3 Å². The molecule has 0 spiro atoms. The Morgan fingerprint density at radius 1 is 1.15 bits per heavy atom. The molecule has 1 fully saturated rings. The quantitative estimate of drug-likeness (QED) is 0.623. The number of benzene rings is 2. The number of halogens is 3. The molecule has 0 saturated carbocycles. The van der Waals surface area contributed by atoms with Gasteiger partial charge in [0.1, 0.15) is 18.1 Å². The SMILES string of the molecule is CN1C(=O)N/C(=C/c2cc(Cl)c(OCc3ccc(F)cc3)c(Cl)c2)C1=O. The number of imide groups is 1. The summed E-state index contributed by atoms with van der Waals surface area (Å²) in [6.45, 7) is 0.166. The van der Waals surface area contributed by atoms with Crippen LogP contribution in [0.2, 0.25) is 10.0 Å². The lowest BCUT2D eigenvalue weighted by Crippen LogP contribution is -2.25. The Morgan fingerprint density at radius 2 is 1.77 bits per heavy atom. The van der Waals surface area contributed by atoms with Gasteiger partial charge in [0.2, 0.25) is 0 Å². The van der Waals surface area contributed by atoms with E-state index < -0.39 is 11.9 Å². The summed E-state index contributed by atoms with van der Waals surface area (Å²) in [5.41, 5.74) is 1.42. The lowest BCUT2D eigenvalue weighted by Gasteiger charge is -2.11. The highest BCUT2D eigenvalue weighted by atomic mass is 35.5. The van der Waals surface area contributed by atoms with Gasteiger partial charge in [-0.2, -0.15) is 0 Å². The average Bonchev–Trinajstić information content (AvgIpc) is 2.83. The Bertz CT molecular complexity index is 890. The van der Waals surface area contributed by atoms with Crippen molar-refractivity contribution in [1.82, 2.24) is 10.2 Å². The molecule has 0 atom stereocenters. The van der Waals surface area contributed by atoms with Crippen LogP contribution in [0.5, 0.6) is 5.75 Å². The summed E-state index contributed by atoms with van der Waals surface area (Å²) in [7, 11) is 1.38. The van der Waals surface area contributed by atoms with Crippen molar-refractivity contribution in [2.24, 2.45) is 0 Å². The molecule has 0 aliphatic carbocycles. The second-order valence-corrected chi connectivity index (χ2v) is 6.40. The first-order valence-corrected chi connectivity index (χ1v) is 8.28. The highest BCUT2D eigenvalue weighted by Crippen LogP contribution is 2.35. The van der Waals surface area contributed by atoms with Gasteiger partial charge in [-0.15, -0.1) is 0 Å². The summed E-state index contributed by atoms with van der Waals surface area (Å²) in [5.74, 6) is -0.501. The summed E-state index contributed by atoms with van der Waals surface area (Å²) in [6, 6.07) is 8.50. The molecule has 0 bridgehead atoms. The van der Waals surface area contributed by atoms with Crippen molar-refractivity contribution >= 4 is 41.2 Å². The third-order valence-corrected chi connectivity index (χ3v) is 4.27. The van der Waals surface area contributed by atoms with Crippen LogP contribution in [0.4, 0.5) is 9.18 Å². The van der Waals surface area contributed by atoms with Crippen LogP contribution in [-0.4, -0.2) is 23.9 Å². The van der Waals surface area contributed by atoms with Crippen molar-refractivity contribution < 1.29 is 18.7 Å². The van der Waals surface area contributed by atoms with Gasteiger partial charge in [-0.25, -0.2) is 9.18 Å². The van der Waals surface area contributed by atoms with E-state index in [0.717, 1.165) is 10.5 Å². The number of carbonyl (C=O) groups excluding carboxylic acids is 2. The monoisotopic (exact) mass is 394 g/mol. The molecule has 134 valence electrons. The summed E-state index contributed by atoms with van der Waals surface area (Å²) in [6.07, 6.45) is 1.48. The van der Waals surface area contributed by atoms with Crippen molar-refractivity contribution in [1.29, 1.82) is 0 Å². The van der Waals surface area contributed by atoms with Crippen molar-refractivity contribution in [3.8, 4) is 5.75 Å². The number of nitrogens with zero attached hydrogens (tertiary/aromatic N) is 1. The van der Waals surface area contributed by atoms with Gasteiger partial charge in [0, 0.05) is 7.05 Å². The van der Waals surface area contributed by atoms with Crippen molar-refractivity contribution in [2.45, 2.75) is 6.61 Å². The number of carbonyl (C=O) groups is 2. The number of likely N-dealkylation sites (N-methyl/N-ethyl adjacent to an activating group) is 1. The molecule has 2 aromatic rings. The van der Waals surface area contributed by atoms with E-state index >= 15 is 0 Å². The normalized spacial score (nSPS) is 15.5. The van der Waals surface area contributed by atoms with Crippen LogP contribution in [0.3, 0.4) is 0 Å². The third-order valence-electron chi connectivity index (χ3n) is 3.71. The van der Waals surface area contributed by atoms with Gasteiger partial charge in [-0.1, -0.05) is 35.3 Å². The number of urea groups is 1. The van der Waals surface area contributed by atoms with Crippen molar-refractivity contribution in [3.63, 3.8) is 0 Å². The minimum absolute atomic E-state index is 0.129. The fourth-order valence-electron chi connectivity index (χ4n) is 2.33. The van der Waals surface area contributed by atoms with E-state index in [4.69, 9.17) is 27.9 Å². The molecule has 1 aliphatic rings. The second-order valence-electron chi connectivity index (χ2n) is 5.58. The number of hydrogen-bond donors (Lipinski definition) is 1. The molecule has 5 nitrogen and oxygen atoms in total. The van der Waals surface area contributed by atoms with Crippen LogP contribution in [0.25, 0.3) is 6.08 Å². The first-order chi connectivity index (χ1) is 12.3. The molecule has 1 heterocycles. The van der Waals surface area contributed by atoms with Crippen LogP contribution in [0.1, 0.15) is 11.1 Å². The molecule has 1 N–H and O–H groups in total. The van der Waals surface area contributed by atoms with E-state index in [0.29, 0.717) is 5.56 Å². The van der Waals surface area contributed by atoms with Crippen LogP contribution < -0.4 is 10.1 Å². The summed E-state index contributed by atoms with van der Waals surface area (Å²) >= 11 is 12.4. The average molecular weight is 395 g/mol. The summed E-state index contributed by atoms with van der Waals surface area (Å²) in [5, 5.41) is 2.95. The summed E-state index contributed by atoms with van der Waals surface area (Å²) in [4.78, 5) is 24.3. The van der Waals surface area contributed by atoms with Gasteiger partial charge in [0.25, 0.3) is 5.91 Å². The maximum absolute atomic E-state index is 12.9. The zero-order chi connectivity index (χ0) is 18.8. The maximum atomic E-state index is 12.9. The zero-order valence-electron chi connectivity index (χ0n) is 13.6. The fourth-order valence-corrected chi connectivity index (χ4v) is 2.94. The Balaban J connectivity index is 1.79. The van der Waals surface area contributed by atoms with E-state index in [1.807, 2.05) is 0 Å².